The van der Waals surface area contributed by atoms with Crippen LogP contribution in [-0.4, -0.2) is 25.1 Å². The highest BCUT2D eigenvalue weighted by Gasteiger charge is 2.11. The zero-order valence-corrected chi connectivity index (χ0v) is 17.8. The van der Waals surface area contributed by atoms with E-state index in [1.807, 2.05) is 25.1 Å². The van der Waals surface area contributed by atoms with Crippen molar-refractivity contribution >= 4 is 17.6 Å². The Balaban J connectivity index is 1.87. The highest BCUT2D eigenvalue weighted by molar-refractivity contribution is 5.93. The molecule has 0 aliphatic rings. The van der Waals surface area contributed by atoms with Gasteiger partial charge in [-0.1, -0.05) is 45.7 Å². The standard InChI is InChI=1S/C24H31NO4/c1-5-6-7-14-28-24(27)19-9-11-20(12-10-19)25-23(26)16-29-22-15-18(4)8-13-21(22)17(2)3/h8-13,15,17H,5-7,14,16H2,1-4H3,(H,25,26). The van der Waals surface area contributed by atoms with E-state index in [0.717, 1.165) is 36.1 Å². The number of carbonyl (C=O) groups excluding carboxylic acids is 2. The van der Waals surface area contributed by atoms with Crippen molar-refractivity contribution in [1.82, 2.24) is 0 Å². The van der Waals surface area contributed by atoms with Gasteiger partial charge in [-0.3, -0.25) is 4.79 Å². The molecule has 0 saturated carbocycles. The number of amides is 1. The molecule has 0 aliphatic heterocycles. The van der Waals surface area contributed by atoms with E-state index in [1.165, 1.54) is 0 Å². The molecule has 0 heterocycles. The van der Waals surface area contributed by atoms with E-state index in [4.69, 9.17) is 9.47 Å². The van der Waals surface area contributed by atoms with E-state index in [2.05, 4.69) is 26.1 Å². The van der Waals surface area contributed by atoms with Crippen molar-refractivity contribution in [2.45, 2.75) is 52.9 Å². The third-order valence-electron chi connectivity index (χ3n) is 4.54. The lowest BCUT2D eigenvalue weighted by atomic mass is 10.0. The van der Waals surface area contributed by atoms with Crippen molar-refractivity contribution in [3.63, 3.8) is 0 Å². The summed E-state index contributed by atoms with van der Waals surface area (Å²) in [4.78, 5) is 24.2. The van der Waals surface area contributed by atoms with Gasteiger partial charge in [0.15, 0.2) is 6.61 Å². The highest BCUT2D eigenvalue weighted by atomic mass is 16.5. The average Bonchev–Trinajstić information content (AvgIpc) is 2.70. The average molecular weight is 398 g/mol. The number of anilines is 1. The van der Waals surface area contributed by atoms with Crippen molar-refractivity contribution in [3.8, 4) is 5.75 Å². The van der Waals surface area contributed by atoms with Gasteiger partial charge in [-0.05, 0) is 60.7 Å². The smallest absolute Gasteiger partial charge is 0.338 e. The normalized spacial score (nSPS) is 10.7. The molecule has 2 rings (SSSR count). The molecule has 0 aliphatic carbocycles. The molecule has 2 aromatic carbocycles. The minimum atomic E-state index is -0.344. The van der Waals surface area contributed by atoms with Crippen molar-refractivity contribution in [1.29, 1.82) is 0 Å². The zero-order chi connectivity index (χ0) is 21.2. The summed E-state index contributed by atoms with van der Waals surface area (Å²) in [7, 11) is 0. The number of aryl methyl sites for hydroxylation is 1. The summed E-state index contributed by atoms with van der Waals surface area (Å²) in [5, 5.41) is 2.79. The van der Waals surface area contributed by atoms with Crippen molar-refractivity contribution in [2.24, 2.45) is 0 Å². The molecule has 1 amide bonds. The van der Waals surface area contributed by atoms with Crippen molar-refractivity contribution < 1.29 is 19.1 Å². The van der Waals surface area contributed by atoms with Crippen LogP contribution in [0.15, 0.2) is 42.5 Å². The summed E-state index contributed by atoms with van der Waals surface area (Å²) in [5.41, 5.74) is 3.23. The number of hydrogen-bond acceptors (Lipinski definition) is 4. The molecule has 2 aromatic rings. The summed E-state index contributed by atoms with van der Waals surface area (Å²) in [6.07, 6.45) is 3.00. The molecule has 5 nitrogen and oxygen atoms in total. The maximum Gasteiger partial charge on any atom is 0.338 e. The number of esters is 1. The van der Waals surface area contributed by atoms with Crippen LogP contribution in [0.2, 0.25) is 0 Å². The maximum absolute atomic E-state index is 12.2. The fourth-order valence-electron chi connectivity index (χ4n) is 2.87. The summed E-state index contributed by atoms with van der Waals surface area (Å²) in [5.74, 6) is 0.443. The number of carbonyl (C=O) groups is 2. The molecule has 0 aromatic heterocycles. The Labute approximate surface area is 173 Å². The first-order chi connectivity index (χ1) is 13.9. The predicted octanol–water partition coefficient (Wildman–Crippen LogP) is 5.48. The van der Waals surface area contributed by atoms with Crippen molar-refractivity contribution in [2.75, 3.05) is 18.5 Å². The number of unbranched alkanes of at least 4 members (excludes halogenated alkanes) is 2. The van der Waals surface area contributed by atoms with Crippen molar-refractivity contribution in [3.05, 3.63) is 59.2 Å². The molecule has 0 atom stereocenters. The van der Waals surface area contributed by atoms with Gasteiger partial charge in [-0.15, -0.1) is 0 Å². The first kappa shape index (κ1) is 22.5. The van der Waals surface area contributed by atoms with Crippen LogP contribution in [0.3, 0.4) is 0 Å². The van der Waals surface area contributed by atoms with Gasteiger partial charge >= 0.3 is 5.97 Å². The molecule has 0 fully saturated rings. The Morgan fingerprint density at radius 1 is 1.03 bits per heavy atom. The third kappa shape index (κ3) is 7.26. The predicted molar refractivity (Wildman–Crippen MR) is 116 cm³/mol. The van der Waals surface area contributed by atoms with Crippen LogP contribution in [0.25, 0.3) is 0 Å². The van der Waals surface area contributed by atoms with Crippen LogP contribution in [0.5, 0.6) is 5.75 Å². The third-order valence-corrected chi connectivity index (χ3v) is 4.54. The molecule has 1 N–H and O–H groups in total. The molecule has 0 radical (unpaired) electrons. The lowest BCUT2D eigenvalue weighted by Crippen LogP contribution is -2.20. The second kappa shape index (κ2) is 11.2. The quantitative estimate of drug-likeness (QED) is 0.426. The lowest BCUT2D eigenvalue weighted by molar-refractivity contribution is -0.118. The van der Waals surface area contributed by atoms with Gasteiger partial charge in [0.25, 0.3) is 5.91 Å². The first-order valence-corrected chi connectivity index (χ1v) is 10.2. The first-order valence-electron chi connectivity index (χ1n) is 10.2. The number of benzene rings is 2. The van der Waals surface area contributed by atoms with E-state index in [9.17, 15) is 9.59 Å². The Hall–Kier alpha value is -2.82. The minimum absolute atomic E-state index is 0.0790. The van der Waals surface area contributed by atoms with E-state index < -0.39 is 0 Å². The van der Waals surface area contributed by atoms with Crippen LogP contribution < -0.4 is 10.1 Å². The molecule has 156 valence electrons. The summed E-state index contributed by atoms with van der Waals surface area (Å²) in [6, 6.07) is 12.7. The monoisotopic (exact) mass is 397 g/mol. The molecule has 0 unspecified atom stereocenters. The van der Waals surface area contributed by atoms with Gasteiger partial charge in [0.2, 0.25) is 0 Å². The van der Waals surface area contributed by atoms with Crippen LogP contribution in [0, 0.1) is 6.92 Å². The number of ether oxygens (including phenoxy) is 2. The minimum Gasteiger partial charge on any atom is -0.483 e. The van der Waals surface area contributed by atoms with Crippen LogP contribution in [0.4, 0.5) is 5.69 Å². The molecular weight excluding hydrogens is 366 g/mol. The Kier molecular flexibility index (Phi) is 8.71. The fourth-order valence-corrected chi connectivity index (χ4v) is 2.87. The Morgan fingerprint density at radius 2 is 1.76 bits per heavy atom. The van der Waals surface area contributed by atoms with Gasteiger partial charge in [0.05, 0.1) is 12.2 Å². The second-order valence-electron chi connectivity index (χ2n) is 7.45. The van der Waals surface area contributed by atoms with E-state index in [0.29, 0.717) is 23.8 Å². The lowest BCUT2D eigenvalue weighted by Gasteiger charge is -2.15. The van der Waals surface area contributed by atoms with Gasteiger partial charge in [-0.2, -0.15) is 0 Å². The van der Waals surface area contributed by atoms with Crippen LogP contribution in [-0.2, 0) is 9.53 Å². The SMILES string of the molecule is CCCCCOC(=O)c1ccc(NC(=O)COc2cc(C)ccc2C(C)C)cc1. The molecule has 0 bridgehead atoms. The number of rotatable bonds is 10. The zero-order valence-electron chi connectivity index (χ0n) is 17.8. The molecule has 5 heteroatoms. The second-order valence-corrected chi connectivity index (χ2v) is 7.45. The number of nitrogens with one attached hydrogen (secondary N) is 1. The number of hydrogen-bond donors (Lipinski definition) is 1. The Morgan fingerprint density at radius 3 is 2.41 bits per heavy atom. The topological polar surface area (TPSA) is 64.6 Å². The summed E-state index contributed by atoms with van der Waals surface area (Å²) in [6.45, 7) is 8.63. The van der Waals surface area contributed by atoms with Gasteiger partial charge in [0, 0.05) is 5.69 Å². The molecular formula is C24H31NO4. The van der Waals surface area contributed by atoms with Gasteiger partial charge < -0.3 is 14.8 Å². The van der Waals surface area contributed by atoms with Crippen LogP contribution in [0.1, 0.15) is 67.4 Å². The Bertz CT molecular complexity index is 812. The highest BCUT2D eigenvalue weighted by Crippen LogP contribution is 2.27. The fraction of sp³-hybridized carbons (Fsp3) is 0.417. The van der Waals surface area contributed by atoms with E-state index in [1.54, 1.807) is 24.3 Å². The summed E-state index contributed by atoms with van der Waals surface area (Å²) >= 11 is 0. The summed E-state index contributed by atoms with van der Waals surface area (Å²) < 4.78 is 11.0. The molecule has 29 heavy (non-hydrogen) atoms. The van der Waals surface area contributed by atoms with Gasteiger partial charge in [-0.25, -0.2) is 4.79 Å². The van der Waals surface area contributed by atoms with E-state index in [-0.39, 0.29) is 18.5 Å². The van der Waals surface area contributed by atoms with E-state index >= 15 is 0 Å². The molecule has 0 spiro atoms. The van der Waals surface area contributed by atoms with Gasteiger partial charge in [0.1, 0.15) is 5.75 Å². The van der Waals surface area contributed by atoms with Crippen LogP contribution >= 0.6 is 0 Å². The largest absolute Gasteiger partial charge is 0.483 e. The molecule has 0 saturated heterocycles. The maximum atomic E-state index is 12.2.